The summed E-state index contributed by atoms with van der Waals surface area (Å²) in [5.41, 5.74) is 1.18. The molecule has 4 atom stereocenters. The average molecular weight is 361 g/mol. The van der Waals surface area contributed by atoms with E-state index in [1.165, 1.54) is 56.4 Å². The Kier molecular flexibility index (Phi) is 3.95. The van der Waals surface area contributed by atoms with E-state index in [4.69, 9.17) is 4.74 Å². The number of aryl methyl sites for hydroxylation is 1. The van der Waals surface area contributed by atoms with Crippen LogP contribution in [0.5, 0.6) is 0 Å². The second-order valence-electron chi connectivity index (χ2n) is 8.54. The van der Waals surface area contributed by atoms with Gasteiger partial charge in [-0.3, -0.25) is 9.69 Å². The van der Waals surface area contributed by atoms with Crippen molar-refractivity contribution >= 4 is 17.2 Å². The molecule has 1 amide bonds. The summed E-state index contributed by atoms with van der Waals surface area (Å²) in [4.78, 5) is 16.1. The van der Waals surface area contributed by atoms with Crippen molar-refractivity contribution in [3.8, 4) is 0 Å². The number of fused-ring (bicyclic) bond motifs is 1. The predicted octanol–water partition coefficient (Wildman–Crippen LogP) is 3.21. The fraction of sp³-hybridized carbons (Fsp3) is 0.750. The van der Waals surface area contributed by atoms with Gasteiger partial charge in [0.15, 0.2) is 0 Å². The Hall–Kier alpha value is -0.910. The fourth-order valence-electron chi connectivity index (χ4n) is 5.94. The largest absolute Gasteiger partial charge is 0.370 e. The first kappa shape index (κ1) is 16.3. The number of ether oxygens (including phenoxy) is 1. The number of hydrogen-bond acceptors (Lipinski definition) is 4. The minimum atomic E-state index is 0.0926. The highest BCUT2D eigenvalue weighted by atomic mass is 32.1. The lowest BCUT2D eigenvalue weighted by Gasteiger charge is -2.29. The molecule has 25 heavy (non-hydrogen) atoms. The summed E-state index contributed by atoms with van der Waals surface area (Å²) in [6, 6.07) is 2.80. The van der Waals surface area contributed by atoms with E-state index < -0.39 is 0 Å². The van der Waals surface area contributed by atoms with Gasteiger partial charge in [-0.05, 0) is 49.6 Å². The zero-order valence-corrected chi connectivity index (χ0v) is 15.8. The van der Waals surface area contributed by atoms with Crippen molar-refractivity contribution in [2.24, 2.45) is 11.8 Å². The molecule has 0 radical (unpaired) electrons. The molecule has 1 aliphatic carbocycles. The van der Waals surface area contributed by atoms with Gasteiger partial charge in [-0.1, -0.05) is 12.8 Å². The molecule has 4 fully saturated rings. The topological polar surface area (TPSA) is 41.6 Å². The number of nitrogens with zero attached hydrogens (tertiary/aromatic N) is 1. The Balaban J connectivity index is 1.27. The second kappa shape index (κ2) is 6.07. The molecule has 1 aromatic heterocycles. The number of thiophene rings is 1. The molecular weight excluding hydrogens is 332 g/mol. The number of likely N-dealkylation sites (tertiary alicyclic amines) is 1. The van der Waals surface area contributed by atoms with Crippen LogP contribution in [0.15, 0.2) is 11.4 Å². The van der Waals surface area contributed by atoms with Gasteiger partial charge in [0.25, 0.3) is 5.91 Å². The zero-order chi connectivity index (χ0) is 17.0. The average Bonchev–Trinajstić information content (AvgIpc) is 3.37. The van der Waals surface area contributed by atoms with E-state index in [1.54, 1.807) is 0 Å². The van der Waals surface area contributed by atoms with E-state index >= 15 is 0 Å². The number of amides is 1. The van der Waals surface area contributed by atoms with E-state index in [1.807, 2.05) is 18.4 Å². The van der Waals surface area contributed by atoms with E-state index in [0.29, 0.717) is 17.9 Å². The Morgan fingerprint density at radius 3 is 3.00 bits per heavy atom. The maximum absolute atomic E-state index is 12.5. The van der Waals surface area contributed by atoms with Crippen molar-refractivity contribution < 1.29 is 9.53 Å². The van der Waals surface area contributed by atoms with Gasteiger partial charge in [-0.25, -0.2) is 0 Å². The van der Waals surface area contributed by atoms with Crippen LogP contribution in [0.25, 0.3) is 0 Å². The molecule has 1 spiro atoms. The Bertz CT molecular complexity index is 668. The summed E-state index contributed by atoms with van der Waals surface area (Å²) >= 11 is 1.54. The number of hydrogen-bond donors (Lipinski definition) is 1. The highest BCUT2D eigenvalue weighted by Gasteiger charge is 2.63. The molecule has 5 rings (SSSR count). The molecule has 4 heterocycles. The van der Waals surface area contributed by atoms with Crippen LogP contribution in [0.1, 0.15) is 53.8 Å². The van der Waals surface area contributed by atoms with Gasteiger partial charge < -0.3 is 10.1 Å². The Morgan fingerprint density at radius 2 is 2.24 bits per heavy atom. The van der Waals surface area contributed by atoms with Crippen molar-refractivity contribution in [1.29, 1.82) is 0 Å². The first-order chi connectivity index (χ1) is 12.2. The molecule has 1 aromatic rings. The smallest absolute Gasteiger partial charge is 0.261 e. The van der Waals surface area contributed by atoms with Crippen LogP contribution in [0, 0.1) is 18.8 Å². The summed E-state index contributed by atoms with van der Waals surface area (Å²) in [6.07, 6.45) is 8.27. The molecule has 0 aromatic carbocycles. The molecule has 4 aliphatic rings. The van der Waals surface area contributed by atoms with Gasteiger partial charge in [-0.15, -0.1) is 11.3 Å². The molecule has 136 valence electrons. The molecule has 0 unspecified atom stereocenters. The van der Waals surface area contributed by atoms with Gasteiger partial charge in [0.2, 0.25) is 0 Å². The minimum Gasteiger partial charge on any atom is -0.370 e. The van der Waals surface area contributed by atoms with Gasteiger partial charge >= 0.3 is 0 Å². The SMILES string of the molecule is Cc1ccsc1C(=O)NC[C@H]1[C@H]2CN(C3CCCC3)C[C@]23CC[C@H]1O3. The maximum Gasteiger partial charge on any atom is 0.261 e. The normalized spacial score (nSPS) is 37.7. The number of nitrogens with one attached hydrogen (secondary N) is 1. The van der Waals surface area contributed by atoms with Crippen LogP contribution in [0.4, 0.5) is 0 Å². The molecular formula is C20H28N2O2S. The third-order valence-electron chi connectivity index (χ3n) is 7.22. The Labute approximate surface area is 153 Å². The monoisotopic (exact) mass is 360 g/mol. The lowest BCUT2D eigenvalue weighted by Crippen LogP contribution is -2.41. The highest BCUT2D eigenvalue weighted by Crippen LogP contribution is 2.55. The highest BCUT2D eigenvalue weighted by molar-refractivity contribution is 7.12. The van der Waals surface area contributed by atoms with Crippen molar-refractivity contribution in [2.75, 3.05) is 19.6 Å². The summed E-state index contributed by atoms with van der Waals surface area (Å²) in [7, 11) is 0. The van der Waals surface area contributed by atoms with Crippen LogP contribution in [0.2, 0.25) is 0 Å². The standard InChI is InChI=1S/C20H28N2O2S/c1-13-7-9-25-18(13)19(23)21-10-15-16-11-22(14-4-2-3-5-14)12-20(16)8-6-17(15)24-20/h7,9,14-17H,2-6,8,10-12H2,1H3,(H,21,23)/t15-,16+,17+,20+/m0/s1. The molecule has 5 heteroatoms. The predicted molar refractivity (Wildman–Crippen MR) is 99.0 cm³/mol. The quantitative estimate of drug-likeness (QED) is 0.896. The third kappa shape index (κ3) is 2.58. The van der Waals surface area contributed by atoms with E-state index in [9.17, 15) is 4.79 Å². The van der Waals surface area contributed by atoms with E-state index in [2.05, 4.69) is 10.2 Å². The van der Waals surface area contributed by atoms with E-state index in [-0.39, 0.29) is 11.5 Å². The van der Waals surface area contributed by atoms with Crippen LogP contribution in [0.3, 0.4) is 0 Å². The van der Waals surface area contributed by atoms with Crippen molar-refractivity contribution in [3.63, 3.8) is 0 Å². The molecule has 3 saturated heterocycles. The molecule has 1 N–H and O–H groups in total. The van der Waals surface area contributed by atoms with Gasteiger partial charge in [0, 0.05) is 37.5 Å². The number of carbonyl (C=O) groups excluding carboxylic acids is 1. The van der Waals surface area contributed by atoms with Crippen LogP contribution in [-0.4, -0.2) is 48.2 Å². The second-order valence-corrected chi connectivity index (χ2v) is 9.46. The summed E-state index contributed by atoms with van der Waals surface area (Å²) < 4.78 is 6.54. The molecule has 3 aliphatic heterocycles. The van der Waals surface area contributed by atoms with Crippen LogP contribution in [-0.2, 0) is 4.74 Å². The van der Waals surface area contributed by atoms with Crippen LogP contribution >= 0.6 is 11.3 Å². The van der Waals surface area contributed by atoms with E-state index in [0.717, 1.165) is 29.6 Å². The van der Waals surface area contributed by atoms with Crippen molar-refractivity contribution in [2.45, 2.75) is 63.2 Å². The first-order valence-electron chi connectivity index (χ1n) is 9.90. The summed E-state index contributed by atoms with van der Waals surface area (Å²) in [5, 5.41) is 5.22. The minimum absolute atomic E-state index is 0.0926. The fourth-order valence-corrected chi connectivity index (χ4v) is 6.78. The molecule has 4 nitrogen and oxygen atoms in total. The lowest BCUT2D eigenvalue weighted by molar-refractivity contribution is -0.000873. The summed E-state index contributed by atoms with van der Waals surface area (Å²) in [5.74, 6) is 1.19. The molecule has 1 saturated carbocycles. The number of rotatable bonds is 4. The first-order valence-corrected chi connectivity index (χ1v) is 10.8. The van der Waals surface area contributed by atoms with Gasteiger partial charge in [-0.2, -0.15) is 0 Å². The van der Waals surface area contributed by atoms with Crippen molar-refractivity contribution in [1.82, 2.24) is 10.2 Å². The number of carbonyl (C=O) groups is 1. The van der Waals surface area contributed by atoms with Crippen LogP contribution < -0.4 is 5.32 Å². The Morgan fingerprint density at radius 1 is 1.40 bits per heavy atom. The van der Waals surface area contributed by atoms with Gasteiger partial charge in [0.1, 0.15) is 0 Å². The summed E-state index contributed by atoms with van der Waals surface area (Å²) in [6.45, 7) is 5.09. The third-order valence-corrected chi connectivity index (χ3v) is 8.23. The zero-order valence-electron chi connectivity index (χ0n) is 15.0. The maximum atomic E-state index is 12.5. The lowest BCUT2D eigenvalue weighted by atomic mass is 9.73. The van der Waals surface area contributed by atoms with Crippen molar-refractivity contribution in [3.05, 3.63) is 21.9 Å². The van der Waals surface area contributed by atoms with Gasteiger partial charge in [0.05, 0.1) is 16.6 Å². The molecule has 2 bridgehead atoms.